The Balaban J connectivity index is 1.77. The van der Waals surface area contributed by atoms with Gasteiger partial charge in [0.2, 0.25) is 11.8 Å². The average Bonchev–Trinajstić information content (AvgIpc) is 3.05. The van der Waals surface area contributed by atoms with Gasteiger partial charge in [0, 0.05) is 6.54 Å². The van der Waals surface area contributed by atoms with Gasteiger partial charge in [0.25, 0.3) is 0 Å². The van der Waals surface area contributed by atoms with Crippen molar-refractivity contribution >= 4 is 17.5 Å². The number of anilines is 1. The molecule has 0 saturated heterocycles. The van der Waals surface area contributed by atoms with Gasteiger partial charge in [-0.25, -0.2) is 0 Å². The van der Waals surface area contributed by atoms with Crippen LogP contribution in [0.15, 0.2) is 47.1 Å². The number of likely N-dealkylation sites (N-methyl/N-ethyl adjacent to an activating group) is 1. The number of carbonyl (C=O) groups excluding carboxylic acids is 2. The summed E-state index contributed by atoms with van der Waals surface area (Å²) in [7, 11) is 0. The van der Waals surface area contributed by atoms with Crippen LogP contribution in [0.4, 0.5) is 5.69 Å². The Morgan fingerprint density at radius 1 is 1.25 bits per heavy atom. The molecule has 6 nitrogen and oxygen atoms in total. The summed E-state index contributed by atoms with van der Waals surface area (Å²) in [5, 5.41) is 0. The second-order valence-corrected chi connectivity index (χ2v) is 5.53. The number of nitrogens with zero attached hydrogens (tertiary/aromatic N) is 2. The van der Waals surface area contributed by atoms with Crippen LogP contribution >= 0.6 is 0 Å². The predicted molar refractivity (Wildman–Crippen MR) is 88.7 cm³/mol. The zero-order valence-electron chi connectivity index (χ0n) is 13.6. The molecule has 2 aromatic rings. The monoisotopic (exact) mass is 328 g/mol. The van der Waals surface area contributed by atoms with Crippen molar-refractivity contribution in [2.24, 2.45) is 0 Å². The van der Waals surface area contributed by atoms with Crippen molar-refractivity contribution in [3.05, 3.63) is 48.4 Å². The Bertz CT molecular complexity index is 712. The number of hydrogen-bond donors (Lipinski definition) is 0. The second kappa shape index (κ2) is 7.21. The van der Waals surface area contributed by atoms with E-state index in [0.717, 1.165) is 5.76 Å². The van der Waals surface area contributed by atoms with E-state index in [2.05, 4.69) is 0 Å². The molecule has 24 heavy (non-hydrogen) atoms. The van der Waals surface area contributed by atoms with E-state index < -0.39 is 0 Å². The largest absolute Gasteiger partial charge is 0.491 e. The molecule has 1 aromatic carbocycles. The lowest BCUT2D eigenvalue weighted by molar-refractivity contribution is -0.132. The van der Waals surface area contributed by atoms with Crippen molar-refractivity contribution in [3.63, 3.8) is 0 Å². The molecule has 0 atom stereocenters. The Morgan fingerprint density at radius 2 is 2.08 bits per heavy atom. The fourth-order valence-electron chi connectivity index (χ4n) is 2.70. The molecular weight excluding hydrogens is 308 g/mol. The number of hydrogen-bond acceptors (Lipinski definition) is 4. The number of rotatable bonds is 5. The van der Waals surface area contributed by atoms with Crippen LogP contribution in [-0.4, -0.2) is 36.4 Å². The predicted octanol–water partition coefficient (Wildman–Crippen LogP) is 2.44. The summed E-state index contributed by atoms with van der Waals surface area (Å²) in [5.41, 5.74) is 0.641. The van der Waals surface area contributed by atoms with Gasteiger partial charge in [-0.15, -0.1) is 0 Å². The Kier molecular flexibility index (Phi) is 4.84. The van der Waals surface area contributed by atoms with Crippen LogP contribution in [0, 0.1) is 0 Å². The lowest BCUT2D eigenvalue weighted by Crippen LogP contribution is -2.42. The summed E-state index contributed by atoms with van der Waals surface area (Å²) < 4.78 is 10.9. The molecule has 3 rings (SSSR count). The second-order valence-electron chi connectivity index (χ2n) is 5.53. The number of amides is 2. The first kappa shape index (κ1) is 16.1. The molecule has 0 unspecified atom stereocenters. The van der Waals surface area contributed by atoms with E-state index in [1.54, 1.807) is 23.3 Å². The van der Waals surface area contributed by atoms with Crippen LogP contribution in [0.5, 0.6) is 5.75 Å². The van der Waals surface area contributed by atoms with Gasteiger partial charge in [0.15, 0.2) is 0 Å². The molecule has 0 N–H and O–H groups in total. The van der Waals surface area contributed by atoms with Gasteiger partial charge in [-0.2, -0.15) is 0 Å². The van der Waals surface area contributed by atoms with Gasteiger partial charge in [-0.05, 0) is 31.2 Å². The Hall–Kier alpha value is -2.76. The summed E-state index contributed by atoms with van der Waals surface area (Å²) in [6.07, 6.45) is 1.84. The van der Waals surface area contributed by atoms with Gasteiger partial charge in [0.05, 0.1) is 31.5 Å². The average molecular weight is 328 g/mol. The van der Waals surface area contributed by atoms with Crippen LogP contribution in [-0.2, 0) is 16.1 Å². The highest BCUT2D eigenvalue weighted by molar-refractivity contribution is 6.00. The van der Waals surface area contributed by atoms with Crippen LogP contribution in [0.25, 0.3) is 0 Å². The topological polar surface area (TPSA) is 63.0 Å². The van der Waals surface area contributed by atoms with Crippen molar-refractivity contribution in [2.75, 3.05) is 24.6 Å². The summed E-state index contributed by atoms with van der Waals surface area (Å²) in [6, 6.07) is 10.9. The molecule has 0 spiro atoms. The quantitative estimate of drug-likeness (QED) is 0.846. The summed E-state index contributed by atoms with van der Waals surface area (Å²) >= 11 is 0. The van der Waals surface area contributed by atoms with E-state index in [1.807, 2.05) is 31.2 Å². The minimum absolute atomic E-state index is 0.00620. The number of ether oxygens (including phenoxy) is 1. The van der Waals surface area contributed by atoms with Crippen LogP contribution in [0.1, 0.15) is 19.1 Å². The van der Waals surface area contributed by atoms with E-state index in [1.165, 1.54) is 4.90 Å². The SMILES string of the molecule is CCN(Cc1ccco1)C(=O)CN1C(=O)CCOc2ccccc21. The van der Waals surface area contributed by atoms with E-state index >= 15 is 0 Å². The minimum atomic E-state index is -0.126. The molecule has 1 aliphatic rings. The van der Waals surface area contributed by atoms with Gasteiger partial charge >= 0.3 is 0 Å². The van der Waals surface area contributed by atoms with Crippen molar-refractivity contribution < 1.29 is 18.7 Å². The standard InChI is InChI=1S/C18H20N2O4/c1-2-19(12-14-6-5-10-23-14)18(22)13-20-15-7-3-4-8-16(15)24-11-9-17(20)21/h3-8,10H,2,9,11-13H2,1H3. The number of carbonyl (C=O) groups is 2. The fraction of sp³-hybridized carbons (Fsp3) is 0.333. The van der Waals surface area contributed by atoms with Crippen LogP contribution in [0.2, 0.25) is 0 Å². The third kappa shape index (κ3) is 3.42. The van der Waals surface area contributed by atoms with Gasteiger partial charge in [-0.3, -0.25) is 14.5 Å². The molecule has 0 bridgehead atoms. The lowest BCUT2D eigenvalue weighted by Gasteiger charge is -2.26. The molecule has 1 aliphatic heterocycles. The molecule has 0 radical (unpaired) electrons. The molecule has 6 heteroatoms. The van der Waals surface area contributed by atoms with Crippen LogP contribution < -0.4 is 9.64 Å². The normalized spacial score (nSPS) is 13.9. The first-order chi connectivity index (χ1) is 11.7. The fourth-order valence-corrected chi connectivity index (χ4v) is 2.70. The van der Waals surface area contributed by atoms with Gasteiger partial charge < -0.3 is 14.1 Å². The van der Waals surface area contributed by atoms with Crippen molar-refractivity contribution in [2.45, 2.75) is 19.9 Å². The van der Waals surface area contributed by atoms with Gasteiger partial charge in [0.1, 0.15) is 18.1 Å². The highest BCUT2D eigenvalue weighted by Crippen LogP contribution is 2.30. The first-order valence-electron chi connectivity index (χ1n) is 8.01. The zero-order valence-corrected chi connectivity index (χ0v) is 13.6. The molecule has 2 heterocycles. The number of benzene rings is 1. The zero-order chi connectivity index (χ0) is 16.9. The maximum Gasteiger partial charge on any atom is 0.243 e. The molecule has 0 fully saturated rings. The number of para-hydroxylation sites is 2. The van der Waals surface area contributed by atoms with Gasteiger partial charge in [-0.1, -0.05) is 12.1 Å². The summed E-state index contributed by atoms with van der Waals surface area (Å²) in [6.45, 7) is 3.16. The van der Waals surface area contributed by atoms with Crippen molar-refractivity contribution in [1.82, 2.24) is 4.90 Å². The number of fused-ring (bicyclic) bond motifs is 1. The maximum absolute atomic E-state index is 12.7. The smallest absolute Gasteiger partial charge is 0.243 e. The van der Waals surface area contributed by atoms with E-state index in [0.29, 0.717) is 31.1 Å². The summed E-state index contributed by atoms with van der Waals surface area (Å²) in [4.78, 5) is 28.3. The van der Waals surface area contributed by atoms with E-state index in [4.69, 9.17) is 9.15 Å². The van der Waals surface area contributed by atoms with E-state index in [-0.39, 0.29) is 24.8 Å². The molecule has 2 amide bonds. The minimum Gasteiger partial charge on any atom is -0.491 e. The molecular formula is C18H20N2O4. The van der Waals surface area contributed by atoms with Crippen molar-refractivity contribution in [1.29, 1.82) is 0 Å². The highest BCUT2D eigenvalue weighted by Gasteiger charge is 2.26. The Morgan fingerprint density at radius 3 is 2.83 bits per heavy atom. The third-order valence-electron chi connectivity index (χ3n) is 3.99. The molecule has 1 aromatic heterocycles. The highest BCUT2D eigenvalue weighted by atomic mass is 16.5. The third-order valence-corrected chi connectivity index (χ3v) is 3.99. The first-order valence-corrected chi connectivity index (χ1v) is 8.01. The van der Waals surface area contributed by atoms with Crippen LogP contribution in [0.3, 0.4) is 0 Å². The number of furan rings is 1. The molecule has 0 saturated carbocycles. The maximum atomic E-state index is 12.7. The molecule has 0 aliphatic carbocycles. The van der Waals surface area contributed by atoms with Crippen molar-refractivity contribution in [3.8, 4) is 5.75 Å². The lowest BCUT2D eigenvalue weighted by atomic mass is 10.2. The summed E-state index contributed by atoms with van der Waals surface area (Å²) in [5.74, 6) is 1.11. The Labute approximate surface area is 140 Å². The van der Waals surface area contributed by atoms with E-state index in [9.17, 15) is 9.59 Å². The molecule has 126 valence electrons.